The molecule has 0 radical (unpaired) electrons. The summed E-state index contributed by atoms with van der Waals surface area (Å²) in [5.74, 6) is -3.79. The summed E-state index contributed by atoms with van der Waals surface area (Å²) in [7, 11) is 3.63. The molecule has 0 atom stereocenters. The molecule has 0 aliphatic heterocycles. The molecule has 0 aliphatic rings. The van der Waals surface area contributed by atoms with Gasteiger partial charge in [-0.1, -0.05) is 12.1 Å². The van der Waals surface area contributed by atoms with Gasteiger partial charge >= 0.3 is 11.9 Å². The summed E-state index contributed by atoms with van der Waals surface area (Å²) in [6.45, 7) is 0. The number of hydrogen-bond acceptors (Lipinski definition) is 6. The molecule has 0 fully saturated rings. The first-order valence-corrected chi connectivity index (χ1v) is 5.39. The highest BCUT2D eigenvalue weighted by Crippen LogP contribution is 2.17. The van der Waals surface area contributed by atoms with Gasteiger partial charge in [0.15, 0.2) is 5.78 Å². The minimum absolute atomic E-state index is 0.167. The zero-order chi connectivity index (χ0) is 14.4. The van der Waals surface area contributed by atoms with Crippen molar-refractivity contribution in [2.24, 2.45) is 5.92 Å². The van der Waals surface area contributed by atoms with Gasteiger partial charge in [0.25, 0.3) is 0 Å². The summed E-state index contributed by atoms with van der Waals surface area (Å²) in [5, 5.41) is 0. The van der Waals surface area contributed by atoms with Gasteiger partial charge in [0.1, 0.15) is 5.75 Å². The van der Waals surface area contributed by atoms with Crippen LogP contribution in [0.15, 0.2) is 24.3 Å². The molecule has 6 heteroatoms. The van der Waals surface area contributed by atoms with Crippen molar-refractivity contribution in [3.63, 3.8) is 0 Å². The Morgan fingerprint density at radius 1 is 1.00 bits per heavy atom. The van der Waals surface area contributed by atoms with Gasteiger partial charge in [-0.05, 0) is 12.1 Å². The number of Topliss-reactive ketones (excluding diaryl/α,β-unsaturated/α-hetero) is 1. The molecule has 0 spiro atoms. The molecular formula is C13H14O6. The molecule has 0 bridgehead atoms. The highest BCUT2D eigenvalue weighted by Gasteiger charge is 2.36. The lowest BCUT2D eigenvalue weighted by molar-refractivity contribution is -0.155. The van der Waals surface area contributed by atoms with E-state index in [2.05, 4.69) is 9.47 Å². The lowest BCUT2D eigenvalue weighted by Crippen LogP contribution is -2.33. The minimum Gasteiger partial charge on any atom is -0.497 e. The summed E-state index contributed by atoms with van der Waals surface area (Å²) < 4.78 is 13.9. The van der Waals surface area contributed by atoms with Crippen LogP contribution in [0.4, 0.5) is 0 Å². The Labute approximate surface area is 110 Å². The Morgan fingerprint density at radius 2 is 1.58 bits per heavy atom. The van der Waals surface area contributed by atoms with E-state index in [1.807, 2.05) is 0 Å². The molecule has 1 rings (SSSR count). The maximum Gasteiger partial charge on any atom is 0.328 e. The van der Waals surface area contributed by atoms with Gasteiger partial charge in [-0.25, -0.2) is 0 Å². The van der Waals surface area contributed by atoms with Crippen LogP contribution in [0.3, 0.4) is 0 Å². The van der Waals surface area contributed by atoms with E-state index in [0.29, 0.717) is 5.75 Å². The molecule has 1 aromatic carbocycles. The zero-order valence-corrected chi connectivity index (χ0v) is 10.8. The molecule has 6 nitrogen and oxygen atoms in total. The third-order valence-corrected chi connectivity index (χ3v) is 2.49. The third-order valence-electron chi connectivity index (χ3n) is 2.49. The molecule has 102 valence electrons. The second-order valence-corrected chi connectivity index (χ2v) is 3.58. The molecule has 0 aliphatic carbocycles. The van der Waals surface area contributed by atoms with Crippen molar-refractivity contribution in [1.29, 1.82) is 0 Å². The fraction of sp³-hybridized carbons (Fsp3) is 0.308. The molecule has 0 amide bonds. The summed E-state index contributed by atoms with van der Waals surface area (Å²) in [6.07, 6.45) is 0. The first kappa shape index (κ1) is 14.7. The molecule has 19 heavy (non-hydrogen) atoms. The van der Waals surface area contributed by atoms with E-state index in [-0.39, 0.29) is 5.56 Å². The van der Waals surface area contributed by atoms with E-state index in [4.69, 9.17) is 4.74 Å². The van der Waals surface area contributed by atoms with Crippen molar-refractivity contribution >= 4 is 17.7 Å². The van der Waals surface area contributed by atoms with Gasteiger partial charge in [0.2, 0.25) is 5.92 Å². The zero-order valence-electron chi connectivity index (χ0n) is 10.8. The maximum atomic E-state index is 12.2. The normalized spacial score (nSPS) is 9.89. The van der Waals surface area contributed by atoms with Crippen LogP contribution >= 0.6 is 0 Å². The largest absolute Gasteiger partial charge is 0.497 e. The van der Waals surface area contributed by atoms with Crippen molar-refractivity contribution in [3.8, 4) is 5.75 Å². The van der Waals surface area contributed by atoms with E-state index >= 15 is 0 Å². The number of carbonyl (C=O) groups excluding carboxylic acids is 3. The van der Waals surface area contributed by atoms with Crippen LogP contribution in [-0.4, -0.2) is 39.1 Å². The lowest BCUT2D eigenvalue weighted by Gasteiger charge is -2.11. The van der Waals surface area contributed by atoms with Crippen LogP contribution < -0.4 is 4.74 Å². The van der Waals surface area contributed by atoms with Crippen LogP contribution in [0.5, 0.6) is 5.75 Å². The highest BCUT2D eigenvalue weighted by molar-refractivity contribution is 6.20. The summed E-state index contributed by atoms with van der Waals surface area (Å²) in [6, 6.07) is 6.13. The van der Waals surface area contributed by atoms with Crippen LogP contribution in [0.25, 0.3) is 0 Å². The van der Waals surface area contributed by atoms with E-state index in [1.54, 1.807) is 12.1 Å². The predicted molar refractivity (Wildman–Crippen MR) is 64.8 cm³/mol. The number of methoxy groups -OCH3 is 3. The van der Waals surface area contributed by atoms with Crippen molar-refractivity contribution in [2.45, 2.75) is 0 Å². The number of hydrogen-bond donors (Lipinski definition) is 0. The van der Waals surface area contributed by atoms with Crippen LogP contribution in [0.1, 0.15) is 10.4 Å². The summed E-state index contributed by atoms with van der Waals surface area (Å²) >= 11 is 0. The minimum atomic E-state index is -1.62. The second kappa shape index (κ2) is 6.53. The first-order valence-electron chi connectivity index (χ1n) is 5.39. The smallest absolute Gasteiger partial charge is 0.328 e. The molecular weight excluding hydrogens is 252 g/mol. The molecule has 0 aromatic heterocycles. The quantitative estimate of drug-likeness (QED) is 0.446. The number of benzene rings is 1. The molecule has 0 saturated carbocycles. The Hall–Kier alpha value is -2.37. The second-order valence-electron chi connectivity index (χ2n) is 3.58. The molecule has 0 unspecified atom stereocenters. The molecule has 0 heterocycles. The van der Waals surface area contributed by atoms with E-state index in [1.165, 1.54) is 19.2 Å². The summed E-state index contributed by atoms with van der Waals surface area (Å²) in [5.41, 5.74) is 0.167. The average Bonchev–Trinajstić information content (AvgIpc) is 2.46. The Kier molecular flexibility index (Phi) is 5.05. The van der Waals surface area contributed by atoms with Gasteiger partial charge in [-0.3, -0.25) is 14.4 Å². The average molecular weight is 266 g/mol. The standard InChI is InChI=1S/C13H14O6/c1-17-9-6-4-5-8(7-9)11(14)10(12(15)18-2)13(16)19-3/h4-7,10H,1-3H3. The highest BCUT2D eigenvalue weighted by atomic mass is 16.5. The number of ketones is 1. The Bertz CT molecular complexity index is 478. The van der Waals surface area contributed by atoms with Gasteiger partial charge < -0.3 is 14.2 Å². The van der Waals surface area contributed by atoms with Crippen molar-refractivity contribution in [3.05, 3.63) is 29.8 Å². The van der Waals surface area contributed by atoms with Gasteiger partial charge in [0, 0.05) is 5.56 Å². The summed E-state index contributed by atoms with van der Waals surface area (Å²) in [4.78, 5) is 35.2. The van der Waals surface area contributed by atoms with E-state index < -0.39 is 23.6 Å². The predicted octanol–water partition coefficient (Wildman–Crippen LogP) is 0.840. The fourth-order valence-electron chi connectivity index (χ4n) is 1.49. The Morgan fingerprint density at radius 3 is 2.05 bits per heavy atom. The lowest BCUT2D eigenvalue weighted by atomic mass is 9.97. The van der Waals surface area contributed by atoms with Gasteiger partial charge in [-0.15, -0.1) is 0 Å². The van der Waals surface area contributed by atoms with Gasteiger partial charge in [0.05, 0.1) is 21.3 Å². The number of rotatable bonds is 5. The number of carbonyl (C=O) groups is 3. The van der Waals surface area contributed by atoms with Crippen molar-refractivity contribution in [1.82, 2.24) is 0 Å². The van der Waals surface area contributed by atoms with E-state index in [0.717, 1.165) is 14.2 Å². The molecule has 0 N–H and O–H groups in total. The number of esters is 2. The monoisotopic (exact) mass is 266 g/mol. The van der Waals surface area contributed by atoms with Crippen LogP contribution in [-0.2, 0) is 19.1 Å². The molecule has 0 saturated heterocycles. The SMILES string of the molecule is COC(=O)C(C(=O)OC)C(=O)c1cccc(OC)c1. The topological polar surface area (TPSA) is 78.9 Å². The molecule has 1 aromatic rings. The maximum absolute atomic E-state index is 12.2. The first-order chi connectivity index (χ1) is 9.04. The van der Waals surface area contributed by atoms with Crippen molar-refractivity contribution < 1.29 is 28.6 Å². The number of ether oxygens (including phenoxy) is 3. The van der Waals surface area contributed by atoms with E-state index in [9.17, 15) is 14.4 Å². The van der Waals surface area contributed by atoms with Crippen LogP contribution in [0, 0.1) is 5.92 Å². The third kappa shape index (κ3) is 3.31. The Balaban J connectivity index is 3.11. The van der Waals surface area contributed by atoms with Gasteiger partial charge in [-0.2, -0.15) is 0 Å². The fourth-order valence-corrected chi connectivity index (χ4v) is 1.49. The van der Waals surface area contributed by atoms with Crippen molar-refractivity contribution in [2.75, 3.05) is 21.3 Å². The van der Waals surface area contributed by atoms with Crippen LogP contribution in [0.2, 0.25) is 0 Å².